The van der Waals surface area contributed by atoms with Gasteiger partial charge in [-0.15, -0.1) is 0 Å². The third-order valence-electron chi connectivity index (χ3n) is 2.85. The largest absolute Gasteiger partial charge is 0.347 e. The number of rotatable bonds is 3. The van der Waals surface area contributed by atoms with Crippen LogP contribution in [-0.2, 0) is 0 Å². The summed E-state index contributed by atoms with van der Waals surface area (Å²) in [7, 11) is 3.80. The van der Waals surface area contributed by atoms with Gasteiger partial charge in [-0.05, 0) is 13.8 Å². The average molecular weight is 283 g/mol. The second-order valence-electron chi connectivity index (χ2n) is 5.33. The molecule has 0 unspecified atom stereocenters. The molecule has 1 aromatic heterocycles. The Morgan fingerprint density at radius 1 is 1.32 bits per heavy atom. The zero-order valence-electron chi connectivity index (χ0n) is 11.8. The number of thioether (sulfide) groups is 1. The third-order valence-corrected chi connectivity index (χ3v) is 4.15. The summed E-state index contributed by atoms with van der Waals surface area (Å²) in [6.45, 7) is 6.33. The molecule has 2 heterocycles. The Kier molecular flexibility index (Phi) is 4.00. The molecule has 8 heteroatoms. The first-order valence-electron chi connectivity index (χ1n) is 6.20. The zero-order chi connectivity index (χ0) is 14.0. The number of hydrogen-bond donors (Lipinski definition) is 2. The standard InChI is InChI=1S/C11H21N7S/c1-11(2)7-18(5-6-19-11)10-14-8(16-12)13-9(15-10)17(3)4/h5-7,12H2,1-4H3,(H,13,14,15,16). The lowest BCUT2D eigenvalue weighted by Gasteiger charge is -2.37. The molecule has 1 aliphatic rings. The predicted octanol–water partition coefficient (Wildman–Crippen LogP) is 0.555. The van der Waals surface area contributed by atoms with Crippen molar-refractivity contribution >= 4 is 29.6 Å². The molecule has 0 bridgehead atoms. The minimum atomic E-state index is 0.208. The van der Waals surface area contributed by atoms with E-state index in [0.717, 1.165) is 18.8 Å². The van der Waals surface area contributed by atoms with Crippen molar-refractivity contribution in [2.24, 2.45) is 5.84 Å². The smallest absolute Gasteiger partial charge is 0.243 e. The Bertz CT molecular complexity index is 449. The molecule has 2 rings (SSSR count). The molecule has 7 nitrogen and oxygen atoms in total. The van der Waals surface area contributed by atoms with Crippen molar-refractivity contribution in [1.82, 2.24) is 15.0 Å². The van der Waals surface area contributed by atoms with Gasteiger partial charge in [-0.25, -0.2) is 5.84 Å². The van der Waals surface area contributed by atoms with E-state index in [9.17, 15) is 0 Å². The van der Waals surface area contributed by atoms with Crippen LogP contribution in [0.3, 0.4) is 0 Å². The molecular weight excluding hydrogens is 262 g/mol. The van der Waals surface area contributed by atoms with Gasteiger partial charge < -0.3 is 9.80 Å². The monoisotopic (exact) mass is 283 g/mol. The van der Waals surface area contributed by atoms with Gasteiger partial charge in [0.1, 0.15) is 0 Å². The van der Waals surface area contributed by atoms with Crippen LogP contribution in [0.2, 0.25) is 0 Å². The number of nitrogens with two attached hydrogens (primary N) is 1. The fourth-order valence-electron chi connectivity index (χ4n) is 1.95. The lowest BCUT2D eigenvalue weighted by atomic mass is 10.2. The van der Waals surface area contributed by atoms with E-state index in [0.29, 0.717) is 17.8 Å². The van der Waals surface area contributed by atoms with Crippen molar-refractivity contribution in [2.75, 3.05) is 48.2 Å². The highest BCUT2D eigenvalue weighted by molar-refractivity contribution is 8.00. The normalized spacial score (nSPS) is 18.3. The minimum Gasteiger partial charge on any atom is -0.347 e. The first-order chi connectivity index (χ1) is 8.91. The molecule has 0 radical (unpaired) electrons. The summed E-state index contributed by atoms with van der Waals surface area (Å²) >= 11 is 1.98. The predicted molar refractivity (Wildman–Crippen MR) is 80.7 cm³/mol. The van der Waals surface area contributed by atoms with Crippen molar-refractivity contribution in [3.63, 3.8) is 0 Å². The molecule has 1 fully saturated rings. The van der Waals surface area contributed by atoms with Crippen molar-refractivity contribution in [1.29, 1.82) is 0 Å². The second-order valence-corrected chi connectivity index (χ2v) is 7.13. The summed E-state index contributed by atoms with van der Waals surface area (Å²) in [5.41, 5.74) is 2.50. The summed E-state index contributed by atoms with van der Waals surface area (Å²) in [6, 6.07) is 0. The highest BCUT2D eigenvalue weighted by Crippen LogP contribution is 2.31. The molecular formula is C11H21N7S. The molecule has 106 valence electrons. The molecule has 0 aliphatic carbocycles. The van der Waals surface area contributed by atoms with E-state index in [1.807, 2.05) is 30.8 Å². The van der Waals surface area contributed by atoms with Crippen molar-refractivity contribution in [3.05, 3.63) is 0 Å². The summed E-state index contributed by atoms with van der Waals surface area (Å²) in [5, 5.41) is 0. The maximum absolute atomic E-state index is 5.43. The number of hydrogen-bond acceptors (Lipinski definition) is 8. The highest BCUT2D eigenvalue weighted by Gasteiger charge is 2.29. The van der Waals surface area contributed by atoms with Crippen LogP contribution in [0.1, 0.15) is 13.8 Å². The van der Waals surface area contributed by atoms with Crippen molar-refractivity contribution in [2.45, 2.75) is 18.6 Å². The van der Waals surface area contributed by atoms with E-state index >= 15 is 0 Å². The van der Waals surface area contributed by atoms with Crippen LogP contribution in [0.25, 0.3) is 0 Å². The zero-order valence-corrected chi connectivity index (χ0v) is 12.7. The van der Waals surface area contributed by atoms with Crippen molar-refractivity contribution in [3.8, 4) is 0 Å². The van der Waals surface area contributed by atoms with Crippen LogP contribution in [0, 0.1) is 0 Å². The number of nitrogen functional groups attached to an aromatic ring is 1. The Balaban J connectivity index is 2.30. The van der Waals surface area contributed by atoms with E-state index in [2.05, 4.69) is 39.1 Å². The van der Waals surface area contributed by atoms with E-state index in [4.69, 9.17) is 5.84 Å². The molecule has 0 amide bonds. The van der Waals surface area contributed by atoms with Gasteiger partial charge in [0, 0.05) is 37.7 Å². The Labute approximate surface area is 118 Å². The summed E-state index contributed by atoms with van der Waals surface area (Å²) in [5.74, 6) is 8.18. The molecule has 0 aromatic carbocycles. The van der Waals surface area contributed by atoms with E-state index < -0.39 is 0 Å². The van der Waals surface area contributed by atoms with Crippen LogP contribution in [0.5, 0.6) is 0 Å². The van der Waals surface area contributed by atoms with Gasteiger partial charge in [0.15, 0.2) is 0 Å². The summed E-state index contributed by atoms with van der Waals surface area (Å²) in [4.78, 5) is 17.1. The number of aromatic nitrogens is 3. The van der Waals surface area contributed by atoms with Crippen LogP contribution in [0.15, 0.2) is 0 Å². The fourth-order valence-corrected chi connectivity index (χ4v) is 3.06. The topological polar surface area (TPSA) is 83.2 Å². The minimum absolute atomic E-state index is 0.208. The second kappa shape index (κ2) is 5.38. The first-order valence-corrected chi connectivity index (χ1v) is 7.19. The van der Waals surface area contributed by atoms with Gasteiger partial charge in [0.05, 0.1) is 0 Å². The number of nitrogens with one attached hydrogen (secondary N) is 1. The first kappa shape index (κ1) is 14.1. The van der Waals surface area contributed by atoms with Crippen LogP contribution in [0.4, 0.5) is 17.8 Å². The molecule has 0 atom stereocenters. The maximum atomic E-state index is 5.43. The van der Waals surface area contributed by atoms with Gasteiger partial charge in [0.2, 0.25) is 17.8 Å². The van der Waals surface area contributed by atoms with Crippen LogP contribution >= 0.6 is 11.8 Å². The number of hydrazine groups is 1. The molecule has 0 spiro atoms. The van der Waals surface area contributed by atoms with E-state index in [1.165, 1.54) is 0 Å². The lowest BCUT2D eigenvalue weighted by Crippen LogP contribution is -2.44. The summed E-state index contributed by atoms with van der Waals surface area (Å²) < 4.78 is 0.208. The van der Waals surface area contributed by atoms with Gasteiger partial charge in [-0.1, -0.05) is 0 Å². The fraction of sp³-hybridized carbons (Fsp3) is 0.727. The Morgan fingerprint density at radius 3 is 2.63 bits per heavy atom. The molecule has 1 aromatic rings. The Hall–Kier alpha value is -1.28. The Morgan fingerprint density at radius 2 is 2.05 bits per heavy atom. The molecule has 19 heavy (non-hydrogen) atoms. The number of nitrogens with zero attached hydrogens (tertiary/aromatic N) is 5. The number of anilines is 3. The van der Waals surface area contributed by atoms with E-state index in [1.54, 1.807) is 0 Å². The third kappa shape index (κ3) is 3.38. The quantitative estimate of drug-likeness (QED) is 0.615. The van der Waals surface area contributed by atoms with Crippen molar-refractivity contribution < 1.29 is 0 Å². The average Bonchev–Trinajstić information content (AvgIpc) is 2.37. The lowest BCUT2D eigenvalue weighted by molar-refractivity contribution is 0.634. The molecule has 3 N–H and O–H groups in total. The maximum Gasteiger partial charge on any atom is 0.243 e. The van der Waals surface area contributed by atoms with Crippen LogP contribution < -0.4 is 21.1 Å². The molecule has 0 saturated carbocycles. The van der Waals surface area contributed by atoms with Gasteiger partial charge in [0.25, 0.3) is 0 Å². The van der Waals surface area contributed by atoms with E-state index in [-0.39, 0.29) is 4.75 Å². The highest BCUT2D eigenvalue weighted by atomic mass is 32.2. The van der Waals surface area contributed by atoms with Crippen LogP contribution in [-0.4, -0.2) is 52.6 Å². The van der Waals surface area contributed by atoms with Gasteiger partial charge in [-0.2, -0.15) is 26.7 Å². The van der Waals surface area contributed by atoms with Gasteiger partial charge in [-0.3, -0.25) is 5.43 Å². The SMILES string of the molecule is CN(C)c1nc(NN)nc(N2CCSC(C)(C)C2)n1. The van der Waals surface area contributed by atoms with Gasteiger partial charge >= 0.3 is 0 Å². The molecule has 1 saturated heterocycles. The summed E-state index contributed by atoms with van der Waals surface area (Å²) in [6.07, 6.45) is 0. The molecule has 1 aliphatic heterocycles.